The number of hydrogen-bond acceptors (Lipinski definition) is 4. The minimum absolute atomic E-state index is 0.106. The van der Waals surface area contributed by atoms with Crippen LogP contribution in [0, 0.1) is 13.8 Å². The number of carbonyl (C=O) groups excluding carboxylic acids is 2. The van der Waals surface area contributed by atoms with Crippen LogP contribution < -0.4 is 10.1 Å². The summed E-state index contributed by atoms with van der Waals surface area (Å²) < 4.78 is 10.8. The predicted molar refractivity (Wildman–Crippen MR) is 96.1 cm³/mol. The highest BCUT2D eigenvalue weighted by atomic mass is 16.5. The number of furan rings is 1. The fourth-order valence-electron chi connectivity index (χ4n) is 2.84. The van der Waals surface area contributed by atoms with Crippen molar-refractivity contribution < 1.29 is 18.7 Å². The number of amides is 3. The van der Waals surface area contributed by atoms with Crippen LogP contribution in [0.5, 0.6) is 5.75 Å². The molecule has 1 aliphatic heterocycles. The number of rotatable bonds is 4. The zero-order chi connectivity index (χ0) is 18.5. The van der Waals surface area contributed by atoms with E-state index in [1.165, 1.54) is 6.26 Å². The zero-order valence-corrected chi connectivity index (χ0v) is 15.0. The first-order valence-electron chi connectivity index (χ1n) is 8.61. The SMILES string of the molecule is Cc1cccc(OCNC(=O)N2CCN(C(=O)c3ccco3)CC2)c1C. The number of hydrogen-bond donors (Lipinski definition) is 1. The van der Waals surface area contributed by atoms with Gasteiger partial charge < -0.3 is 24.3 Å². The van der Waals surface area contributed by atoms with Gasteiger partial charge in [-0.15, -0.1) is 0 Å². The summed E-state index contributed by atoms with van der Waals surface area (Å²) in [6.07, 6.45) is 1.48. The normalized spacial score (nSPS) is 14.2. The van der Waals surface area contributed by atoms with Gasteiger partial charge in [0.25, 0.3) is 5.91 Å². The molecule has 1 fully saturated rings. The van der Waals surface area contributed by atoms with Crippen LogP contribution in [0.2, 0.25) is 0 Å². The first kappa shape index (κ1) is 17.8. The average molecular weight is 357 g/mol. The number of nitrogens with zero attached hydrogens (tertiary/aromatic N) is 2. The Morgan fingerprint density at radius 1 is 1.08 bits per heavy atom. The highest BCUT2D eigenvalue weighted by Gasteiger charge is 2.25. The van der Waals surface area contributed by atoms with Crippen molar-refractivity contribution in [3.8, 4) is 5.75 Å². The topological polar surface area (TPSA) is 75.0 Å². The Morgan fingerprint density at radius 2 is 1.81 bits per heavy atom. The molecule has 3 amide bonds. The second-order valence-corrected chi connectivity index (χ2v) is 6.23. The first-order valence-corrected chi connectivity index (χ1v) is 8.61. The molecule has 2 aromatic rings. The Labute approximate surface area is 152 Å². The van der Waals surface area contributed by atoms with Crippen molar-refractivity contribution in [2.75, 3.05) is 32.9 Å². The average Bonchev–Trinajstić information content (AvgIpc) is 3.19. The van der Waals surface area contributed by atoms with Crippen LogP contribution in [0.3, 0.4) is 0 Å². The summed E-state index contributed by atoms with van der Waals surface area (Å²) in [6.45, 7) is 6.01. The number of aryl methyl sites for hydroxylation is 1. The lowest BCUT2D eigenvalue weighted by atomic mass is 10.1. The van der Waals surface area contributed by atoms with Crippen LogP contribution in [0.1, 0.15) is 21.7 Å². The van der Waals surface area contributed by atoms with Crippen molar-refractivity contribution >= 4 is 11.9 Å². The van der Waals surface area contributed by atoms with Crippen molar-refractivity contribution in [3.63, 3.8) is 0 Å². The highest BCUT2D eigenvalue weighted by Crippen LogP contribution is 2.20. The van der Waals surface area contributed by atoms with Crippen molar-refractivity contribution in [1.29, 1.82) is 0 Å². The van der Waals surface area contributed by atoms with Crippen LogP contribution >= 0.6 is 0 Å². The molecule has 0 radical (unpaired) electrons. The summed E-state index contributed by atoms with van der Waals surface area (Å²) >= 11 is 0. The molecule has 138 valence electrons. The van der Waals surface area contributed by atoms with Gasteiger partial charge >= 0.3 is 6.03 Å². The maximum atomic E-state index is 12.3. The first-order chi connectivity index (χ1) is 12.6. The summed E-state index contributed by atoms with van der Waals surface area (Å²) in [7, 11) is 0. The maximum absolute atomic E-state index is 12.3. The summed E-state index contributed by atoms with van der Waals surface area (Å²) in [5.41, 5.74) is 2.21. The highest BCUT2D eigenvalue weighted by molar-refractivity contribution is 5.91. The van der Waals surface area contributed by atoms with Crippen LogP contribution in [0.25, 0.3) is 0 Å². The van der Waals surface area contributed by atoms with Crippen LogP contribution in [-0.2, 0) is 0 Å². The zero-order valence-electron chi connectivity index (χ0n) is 15.0. The number of ether oxygens (including phenoxy) is 1. The largest absolute Gasteiger partial charge is 0.473 e. The van der Waals surface area contributed by atoms with Crippen molar-refractivity contribution in [1.82, 2.24) is 15.1 Å². The minimum Gasteiger partial charge on any atom is -0.473 e. The van der Waals surface area contributed by atoms with E-state index in [9.17, 15) is 9.59 Å². The van der Waals surface area contributed by atoms with E-state index in [0.29, 0.717) is 31.9 Å². The molecule has 0 aliphatic carbocycles. The van der Waals surface area contributed by atoms with E-state index in [2.05, 4.69) is 5.32 Å². The third kappa shape index (κ3) is 3.99. The molecule has 1 N–H and O–H groups in total. The molecule has 1 saturated heterocycles. The fraction of sp³-hybridized carbons (Fsp3) is 0.368. The summed E-state index contributed by atoms with van der Waals surface area (Å²) in [5.74, 6) is 0.942. The molecule has 0 spiro atoms. The fourth-order valence-corrected chi connectivity index (χ4v) is 2.84. The third-order valence-corrected chi connectivity index (χ3v) is 4.59. The number of piperazine rings is 1. The van der Waals surface area contributed by atoms with Gasteiger partial charge in [0.2, 0.25) is 0 Å². The summed E-state index contributed by atoms with van der Waals surface area (Å²) in [6, 6.07) is 8.96. The molecular weight excluding hydrogens is 334 g/mol. The molecule has 3 rings (SSSR count). The molecule has 7 heteroatoms. The standard InChI is InChI=1S/C19H23N3O4/c1-14-5-3-6-16(15(14)2)26-13-20-19(24)22-10-8-21(9-11-22)18(23)17-7-4-12-25-17/h3-7,12H,8-11,13H2,1-2H3,(H,20,24). The lowest BCUT2D eigenvalue weighted by Crippen LogP contribution is -2.53. The number of urea groups is 1. The summed E-state index contributed by atoms with van der Waals surface area (Å²) in [4.78, 5) is 27.8. The molecule has 1 aliphatic rings. The van der Waals surface area contributed by atoms with E-state index >= 15 is 0 Å². The predicted octanol–water partition coefficient (Wildman–Crippen LogP) is 2.40. The molecule has 1 aromatic heterocycles. The van der Waals surface area contributed by atoms with Gasteiger partial charge in [-0.05, 0) is 43.2 Å². The molecule has 0 bridgehead atoms. The third-order valence-electron chi connectivity index (χ3n) is 4.59. The molecular formula is C19H23N3O4. The van der Waals surface area contributed by atoms with Gasteiger partial charge in [-0.1, -0.05) is 12.1 Å². The Balaban J connectivity index is 1.44. The molecule has 7 nitrogen and oxygen atoms in total. The van der Waals surface area contributed by atoms with Gasteiger partial charge in [0, 0.05) is 26.2 Å². The van der Waals surface area contributed by atoms with Crippen LogP contribution in [0.15, 0.2) is 41.0 Å². The van der Waals surface area contributed by atoms with Gasteiger partial charge in [-0.2, -0.15) is 0 Å². The summed E-state index contributed by atoms with van der Waals surface area (Å²) in [5, 5.41) is 2.76. The molecule has 0 unspecified atom stereocenters. The van der Waals surface area contributed by atoms with E-state index in [0.717, 1.165) is 16.9 Å². The lowest BCUT2D eigenvalue weighted by molar-refractivity contribution is 0.0631. The van der Waals surface area contributed by atoms with E-state index in [4.69, 9.17) is 9.15 Å². The van der Waals surface area contributed by atoms with E-state index < -0.39 is 0 Å². The van der Waals surface area contributed by atoms with Crippen molar-refractivity contribution in [2.24, 2.45) is 0 Å². The quantitative estimate of drug-likeness (QED) is 0.853. The van der Waals surface area contributed by atoms with Crippen molar-refractivity contribution in [3.05, 3.63) is 53.5 Å². The van der Waals surface area contributed by atoms with Crippen molar-refractivity contribution in [2.45, 2.75) is 13.8 Å². The Bertz CT molecular complexity index is 765. The second kappa shape index (κ2) is 7.95. The maximum Gasteiger partial charge on any atom is 0.320 e. The van der Waals surface area contributed by atoms with Crippen LogP contribution in [0.4, 0.5) is 4.79 Å². The van der Waals surface area contributed by atoms with E-state index in [1.807, 2.05) is 32.0 Å². The number of nitrogens with one attached hydrogen (secondary N) is 1. The van der Waals surface area contributed by atoms with E-state index in [1.54, 1.807) is 21.9 Å². The molecule has 0 atom stereocenters. The Morgan fingerprint density at radius 3 is 2.50 bits per heavy atom. The van der Waals surface area contributed by atoms with Gasteiger partial charge in [0.1, 0.15) is 5.75 Å². The molecule has 2 heterocycles. The van der Waals surface area contributed by atoms with Gasteiger partial charge in [-0.25, -0.2) is 4.79 Å². The van der Waals surface area contributed by atoms with Gasteiger partial charge in [-0.3, -0.25) is 4.79 Å². The minimum atomic E-state index is -0.194. The Hall–Kier alpha value is -2.96. The number of carbonyl (C=O) groups is 2. The molecule has 1 aromatic carbocycles. The Kier molecular flexibility index (Phi) is 5.46. The molecule has 0 saturated carbocycles. The van der Waals surface area contributed by atoms with Gasteiger partial charge in [0.05, 0.1) is 6.26 Å². The number of benzene rings is 1. The van der Waals surface area contributed by atoms with Crippen LogP contribution in [-0.4, -0.2) is 54.6 Å². The monoisotopic (exact) mass is 357 g/mol. The van der Waals surface area contributed by atoms with Gasteiger partial charge in [0.15, 0.2) is 12.5 Å². The smallest absolute Gasteiger partial charge is 0.320 e. The van der Waals surface area contributed by atoms with E-state index in [-0.39, 0.29) is 18.7 Å². The molecule has 26 heavy (non-hydrogen) atoms. The second-order valence-electron chi connectivity index (χ2n) is 6.23. The lowest BCUT2D eigenvalue weighted by Gasteiger charge is -2.34.